The summed E-state index contributed by atoms with van der Waals surface area (Å²) in [7, 11) is 0. The van der Waals surface area contributed by atoms with Gasteiger partial charge in [0.05, 0.1) is 17.7 Å². The van der Waals surface area contributed by atoms with Gasteiger partial charge in [-0.3, -0.25) is 14.3 Å². The molecule has 0 saturated carbocycles. The van der Waals surface area contributed by atoms with Crippen LogP contribution < -0.4 is 5.32 Å². The molecule has 22 heavy (non-hydrogen) atoms. The summed E-state index contributed by atoms with van der Waals surface area (Å²) in [5.41, 5.74) is 1.37. The first-order valence-corrected chi connectivity index (χ1v) is 7.17. The number of hydrogen-bond acceptors (Lipinski definition) is 3. The number of hydrogen-bond donors (Lipinski definition) is 2. The lowest BCUT2D eigenvalue weighted by Gasteiger charge is -2.13. The number of aliphatic carboxylic acids is 1. The van der Waals surface area contributed by atoms with Gasteiger partial charge in [-0.25, -0.2) is 0 Å². The van der Waals surface area contributed by atoms with Gasteiger partial charge in [0.1, 0.15) is 0 Å². The van der Waals surface area contributed by atoms with Gasteiger partial charge in [-0.2, -0.15) is 5.10 Å². The van der Waals surface area contributed by atoms with Crippen molar-refractivity contribution in [2.75, 3.05) is 6.54 Å². The molecule has 116 valence electrons. The summed E-state index contributed by atoms with van der Waals surface area (Å²) in [5, 5.41) is 16.0. The number of carbonyl (C=O) groups is 2. The molecule has 0 spiro atoms. The van der Waals surface area contributed by atoms with Gasteiger partial charge in [-0.05, 0) is 18.9 Å². The first-order valence-electron chi connectivity index (χ1n) is 7.17. The fraction of sp³-hybridized carbons (Fsp3) is 0.312. The van der Waals surface area contributed by atoms with Crippen LogP contribution in [-0.4, -0.2) is 33.3 Å². The van der Waals surface area contributed by atoms with Crippen molar-refractivity contribution < 1.29 is 14.7 Å². The molecule has 2 rings (SSSR count). The van der Waals surface area contributed by atoms with Crippen LogP contribution in [0.1, 0.15) is 22.8 Å². The van der Waals surface area contributed by atoms with Crippen molar-refractivity contribution in [1.29, 1.82) is 0 Å². The molecule has 0 bridgehead atoms. The monoisotopic (exact) mass is 301 g/mol. The van der Waals surface area contributed by atoms with Gasteiger partial charge in [0, 0.05) is 19.3 Å². The van der Waals surface area contributed by atoms with Crippen LogP contribution in [0.15, 0.2) is 42.7 Å². The van der Waals surface area contributed by atoms with Crippen LogP contribution in [0.2, 0.25) is 0 Å². The van der Waals surface area contributed by atoms with Crippen LogP contribution in [0, 0.1) is 5.92 Å². The van der Waals surface area contributed by atoms with E-state index in [0.29, 0.717) is 18.5 Å². The zero-order chi connectivity index (χ0) is 15.9. The molecule has 1 aromatic heterocycles. The zero-order valence-corrected chi connectivity index (χ0v) is 12.4. The van der Waals surface area contributed by atoms with E-state index in [2.05, 4.69) is 10.4 Å². The van der Waals surface area contributed by atoms with E-state index in [1.807, 2.05) is 37.3 Å². The molecule has 6 heteroatoms. The van der Waals surface area contributed by atoms with E-state index in [-0.39, 0.29) is 12.5 Å². The molecule has 0 aliphatic carbocycles. The Morgan fingerprint density at radius 1 is 1.32 bits per heavy atom. The number of aromatic nitrogens is 2. The summed E-state index contributed by atoms with van der Waals surface area (Å²) >= 11 is 0. The summed E-state index contributed by atoms with van der Waals surface area (Å²) in [6.45, 7) is 2.69. The summed E-state index contributed by atoms with van der Waals surface area (Å²) in [5.74, 6) is -1.89. The normalized spacial score (nSPS) is 11.9. The minimum atomic E-state index is -0.923. The van der Waals surface area contributed by atoms with Crippen molar-refractivity contribution in [3.05, 3.63) is 53.9 Å². The first-order chi connectivity index (χ1) is 10.6. The van der Waals surface area contributed by atoms with Gasteiger partial charge in [-0.1, -0.05) is 30.3 Å². The van der Waals surface area contributed by atoms with Gasteiger partial charge >= 0.3 is 5.97 Å². The number of aryl methyl sites for hydroxylation is 1. The maximum atomic E-state index is 12.0. The van der Waals surface area contributed by atoms with Crippen molar-refractivity contribution in [2.24, 2.45) is 5.92 Å². The number of nitrogens with one attached hydrogen (secondary N) is 1. The average Bonchev–Trinajstić information content (AvgIpc) is 3.01. The third-order valence-corrected chi connectivity index (χ3v) is 3.40. The third-order valence-electron chi connectivity index (χ3n) is 3.40. The highest BCUT2D eigenvalue weighted by molar-refractivity contribution is 5.93. The van der Waals surface area contributed by atoms with Gasteiger partial charge in [-0.15, -0.1) is 0 Å². The standard InChI is InChI=1S/C16H19N3O3/c1-2-19-11-14(10-18-19)15(20)17-9-13(16(21)22)8-12-6-4-3-5-7-12/h3-7,10-11,13H,2,8-9H2,1H3,(H,17,20)(H,21,22). The number of rotatable bonds is 7. The van der Waals surface area contributed by atoms with Crippen molar-refractivity contribution in [2.45, 2.75) is 19.9 Å². The third kappa shape index (κ3) is 4.18. The highest BCUT2D eigenvalue weighted by Crippen LogP contribution is 2.09. The second kappa shape index (κ2) is 7.40. The van der Waals surface area contributed by atoms with Crippen molar-refractivity contribution in [3.63, 3.8) is 0 Å². The number of carboxylic acid groups (broad SMARTS) is 1. The topological polar surface area (TPSA) is 84.2 Å². The Hall–Kier alpha value is -2.63. The van der Waals surface area contributed by atoms with Crippen LogP contribution in [0.4, 0.5) is 0 Å². The molecule has 0 radical (unpaired) electrons. The second-order valence-corrected chi connectivity index (χ2v) is 5.02. The molecule has 1 atom stereocenters. The Labute approximate surface area is 128 Å². The van der Waals surface area contributed by atoms with E-state index in [1.165, 1.54) is 6.20 Å². The van der Waals surface area contributed by atoms with Gasteiger partial charge in [0.2, 0.25) is 0 Å². The number of benzene rings is 1. The Morgan fingerprint density at radius 3 is 2.64 bits per heavy atom. The van der Waals surface area contributed by atoms with E-state index in [0.717, 1.165) is 5.56 Å². The predicted molar refractivity (Wildman–Crippen MR) is 81.5 cm³/mol. The molecule has 6 nitrogen and oxygen atoms in total. The van der Waals surface area contributed by atoms with Crippen molar-refractivity contribution in [1.82, 2.24) is 15.1 Å². The Balaban J connectivity index is 1.94. The Morgan fingerprint density at radius 2 is 2.05 bits per heavy atom. The SMILES string of the molecule is CCn1cc(C(=O)NCC(Cc2ccccc2)C(=O)O)cn1. The van der Waals surface area contributed by atoms with E-state index >= 15 is 0 Å². The highest BCUT2D eigenvalue weighted by atomic mass is 16.4. The minimum absolute atomic E-state index is 0.0837. The average molecular weight is 301 g/mol. The van der Waals surface area contributed by atoms with Crippen LogP contribution in [0.25, 0.3) is 0 Å². The summed E-state index contributed by atoms with van der Waals surface area (Å²) in [6.07, 6.45) is 3.50. The van der Waals surface area contributed by atoms with Crippen molar-refractivity contribution in [3.8, 4) is 0 Å². The van der Waals surface area contributed by atoms with E-state index < -0.39 is 11.9 Å². The summed E-state index contributed by atoms with van der Waals surface area (Å²) < 4.78 is 1.65. The molecule has 1 unspecified atom stereocenters. The highest BCUT2D eigenvalue weighted by Gasteiger charge is 2.19. The lowest BCUT2D eigenvalue weighted by molar-refractivity contribution is -0.141. The first kappa shape index (κ1) is 15.8. The molecule has 1 amide bonds. The van der Waals surface area contributed by atoms with Crippen LogP contribution >= 0.6 is 0 Å². The van der Waals surface area contributed by atoms with Gasteiger partial charge in [0.25, 0.3) is 5.91 Å². The fourth-order valence-electron chi connectivity index (χ4n) is 2.12. The van der Waals surface area contributed by atoms with E-state index in [4.69, 9.17) is 0 Å². The minimum Gasteiger partial charge on any atom is -0.481 e. The zero-order valence-electron chi connectivity index (χ0n) is 12.4. The summed E-state index contributed by atoms with van der Waals surface area (Å²) in [4.78, 5) is 23.3. The summed E-state index contributed by atoms with van der Waals surface area (Å²) in [6, 6.07) is 9.37. The van der Waals surface area contributed by atoms with E-state index in [1.54, 1.807) is 10.9 Å². The largest absolute Gasteiger partial charge is 0.481 e. The second-order valence-electron chi connectivity index (χ2n) is 5.02. The molecule has 2 N–H and O–H groups in total. The van der Waals surface area contributed by atoms with Gasteiger partial charge < -0.3 is 10.4 Å². The lowest BCUT2D eigenvalue weighted by Crippen LogP contribution is -2.34. The molecule has 0 aliphatic heterocycles. The quantitative estimate of drug-likeness (QED) is 0.813. The fourth-order valence-corrected chi connectivity index (χ4v) is 2.12. The van der Waals surface area contributed by atoms with Crippen LogP contribution in [0.3, 0.4) is 0 Å². The van der Waals surface area contributed by atoms with Crippen LogP contribution in [-0.2, 0) is 17.8 Å². The molecular formula is C16H19N3O3. The molecular weight excluding hydrogens is 282 g/mol. The number of amides is 1. The van der Waals surface area contributed by atoms with E-state index in [9.17, 15) is 14.7 Å². The predicted octanol–water partition coefficient (Wildman–Crippen LogP) is 1.58. The smallest absolute Gasteiger partial charge is 0.308 e. The molecule has 0 aliphatic rings. The van der Waals surface area contributed by atoms with Crippen LogP contribution in [0.5, 0.6) is 0 Å². The molecule has 1 heterocycles. The molecule has 0 fully saturated rings. The molecule has 2 aromatic rings. The molecule has 1 aromatic carbocycles. The Bertz CT molecular complexity index is 637. The maximum absolute atomic E-state index is 12.0. The maximum Gasteiger partial charge on any atom is 0.308 e. The lowest BCUT2D eigenvalue weighted by atomic mass is 9.99. The number of carboxylic acids is 1. The Kier molecular flexibility index (Phi) is 5.30. The molecule has 0 saturated heterocycles. The van der Waals surface area contributed by atoms with Crippen molar-refractivity contribution >= 4 is 11.9 Å². The number of nitrogens with zero attached hydrogens (tertiary/aromatic N) is 2. The number of carbonyl (C=O) groups excluding carboxylic acids is 1. The van der Waals surface area contributed by atoms with Gasteiger partial charge in [0.15, 0.2) is 0 Å².